The molecule has 0 aliphatic heterocycles. The second kappa shape index (κ2) is 4.89. The quantitative estimate of drug-likeness (QED) is 0.764. The van der Waals surface area contributed by atoms with Crippen molar-refractivity contribution >= 4 is 17.1 Å². The Morgan fingerprint density at radius 1 is 1.33 bits per heavy atom. The van der Waals surface area contributed by atoms with Crippen molar-refractivity contribution in [3.63, 3.8) is 0 Å². The fourth-order valence-corrected chi connectivity index (χ4v) is 2.19. The minimum absolute atomic E-state index is 0.0839. The van der Waals surface area contributed by atoms with Gasteiger partial charge in [0.1, 0.15) is 0 Å². The number of oxazole rings is 1. The SMILES string of the molecule is Cc1c(C(=O)O)nnn1CCn1c(=O)oc2ccccc21. The summed E-state index contributed by atoms with van der Waals surface area (Å²) in [7, 11) is 0. The standard InChI is InChI=1S/C13H12N4O4/c1-8-11(12(18)19)14-15-17(8)7-6-16-9-4-2-3-5-10(9)21-13(16)20/h2-5H,6-7H2,1H3,(H,18,19). The van der Waals surface area contributed by atoms with Crippen LogP contribution in [-0.2, 0) is 13.1 Å². The zero-order chi connectivity index (χ0) is 15.0. The first-order valence-corrected chi connectivity index (χ1v) is 6.29. The highest BCUT2D eigenvalue weighted by molar-refractivity contribution is 5.86. The van der Waals surface area contributed by atoms with E-state index in [2.05, 4.69) is 10.3 Å². The van der Waals surface area contributed by atoms with Crippen LogP contribution in [-0.4, -0.2) is 30.6 Å². The average Bonchev–Trinajstić information content (AvgIpc) is 2.96. The van der Waals surface area contributed by atoms with Gasteiger partial charge in [-0.1, -0.05) is 17.3 Å². The zero-order valence-corrected chi connectivity index (χ0v) is 11.2. The van der Waals surface area contributed by atoms with Crippen molar-refractivity contribution in [3.05, 3.63) is 46.2 Å². The molecule has 0 fully saturated rings. The number of rotatable bonds is 4. The van der Waals surface area contributed by atoms with E-state index in [0.717, 1.165) is 0 Å². The Morgan fingerprint density at radius 3 is 2.81 bits per heavy atom. The Balaban J connectivity index is 1.89. The van der Waals surface area contributed by atoms with Crippen LogP contribution in [0.1, 0.15) is 16.2 Å². The van der Waals surface area contributed by atoms with Crippen LogP contribution in [0.5, 0.6) is 0 Å². The number of carbonyl (C=O) groups is 1. The molecule has 0 atom stereocenters. The molecule has 0 unspecified atom stereocenters. The third-order valence-electron chi connectivity index (χ3n) is 3.29. The number of para-hydroxylation sites is 2. The van der Waals surface area contributed by atoms with Crippen LogP contribution < -0.4 is 5.76 Å². The Bertz CT molecular complexity index is 874. The summed E-state index contributed by atoms with van der Waals surface area (Å²) in [5, 5.41) is 16.3. The summed E-state index contributed by atoms with van der Waals surface area (Å²) in [5.74, 6) is -1.57. The second-order valence-corrected chi connectivity index (χ2v) is 4.54. The van der Waals surface area contributed by atoms with Gasteiger partial charge in [0, 0.05) is 6.54 Å². The largest absolute Gasteiger partial charge is 0.476 e. The van der Waals surface area contributed by atoms with E-state index >= 15 is 0 Å². The van der Waals surface area contributed by atoms with Gasteiger partial charge in [0.15, 0.2) is 11.3 Å². The molecule has 1 aromatic carbocycles. The molecule has 0 bridgehead atoms. The van der Waals surface area contributed by atoms with Gasteiger partial charge >= 0.3 is 11.7 Å². The van der Waals surface area contributed by atoms with E-state index in [-0.39, 0.29) is 5.69 Å². The second-order valence-electron chi connectivity index (χ2n) is 4.54. The minimum Gasteiger partial charge on any atom is -0.476 e. The van der Waals surface area contributed by atoms with Crippen molar-refractivity contribution in [3.8, 4) is 0 Å². The first kappa shape index (κ1) is 13.1. The molecule has 0 aliphatic rings. The van der Waals surface area contributed by atoms with Crippen LogP contribution in [0.25, 0.3) is 11.1 Å². The smallest absolute Gasteiger partial charge is 0.420 e. The molecule has 3 rings (SSSR count). The third kappa shape index (κ3) is 2.20. The number of aromatic nitrogens is 4. The Labute approximate surface area is 118 Å². The van der Waals surface area contributed by atoms with E-state index in [1.54, 1.807) is 25.1 Å². The number of hydrogen-bond acceptors (Lipinski definition) is 5. The highest BCUT2D eigenvalue weighted by Gasteiger charge is 2.15. The van der Waals surface area contributed by atoms with Gasteiger partial charge < -0.3 is 9.52 Å². The lowest BCUT2D eigenvalue weighted by atomic mass is 10.3. The van der Waals surface area contributed by atoms with Crippen molar-refractivity contribution in [2.24, 2.45) is 0 Å². The van der Waals surface area contributed by atoms with E-state index in [1.165, 1.54) is 9.25 Å². The molecule has 0 aliphatic carbocycles. The van der Waals surface area contributed by atoms with Crippen molar-refractivity contribution in [2.75, 3.05) is 0 Å². The van der Waals surface area contributed by atoms with Crippen LogP contribution in [0.2, 0.25) is 0 Å². The molecule has 2 heterocycles. The molecule has 8 nitrogen and oxygen atoms in total. The molecule has 0 saturated heterocycles. The highest BCUT2D eigenvalue weighted by atomic mass is 16.4. The van der Waals surface area contributed by atoms with Gasteiger partial charge in [-0.05, 0) is 19.1 Å². The summed E-state index contributed by atoms with van der Waals surface area (Å²) < 4.78 is 8.07. The molecule has 0 radical (unpaired) electrons. The predicted octanol–water partition coefficient (Wildman–Crippen LogP) is 0.893. The number of benzene rings is 1. The van der Waals surface area contributed by atoms with Crippen LogP contribution in [0.4, 0.5) is 0 Å². The zero-order valence-electron chi connectivity index (χ0n) is 11.2. The van der Waals surface area contributed by atoms with Gasteiger partial charge in [-0.25, -0.2) is 14.3 Å². The molecule has 2 aromatic heterocycles. The van der Waals surface area contributed by atoms with Crippen molar-refractivity contribution in [1.82, 2.24) is 19.6 Å². The highest BCUT2D eigenvalue weighted by Crippen LogP contribution is 2.12. The summed E-state index contributed by atoms with van der Waals surface area (Å²) in [4.78, 5) is 22.7. The Kier molecular flexibility index (Phi) is 3.05. The lowest BCUT2D eigenvalue weighted by molar-refractivity contribution is 0.0689. The van der Waals surface area contributed by atoms with Gasteiger partial charge in [0.25, 0.3) is 0 Å². The van der Waals surface area contributed by atoms with Crippen molar-refractivity contribution in [1.29, 1.82) is 0 Å². The van der Waals surface area contributed by atoms with E-state index in [1.807, 2.05) is 6.07 Å². The number of carboxylic acid groups (broad SMARTS) is 1. The molecule has 0 saturated carbocycles. The molecule has 21 heavy (non-hydrogen) atoms. The number of aromatic carboxylic acids is 1. The van der Waals surface area contributed by atoms with Crippen LogP contribution in [0, 0.1) is 6.92 Å². The molecule has 0 spiro atoms. The first-order chi connectivity index (χ1) is 10.1. The first-order valence-electron chi connectivity index (χ1n) is 6.29. The number of hydrogen-bond donors (Lipinski definition) is 1. The predicted molar refractivity (Wildman–Crippen MR) is 72.2 cm³/mol. The maximum atomic E-state index is 11.8. The van der Waals surface area contributed by atoms with Crippen LogP contribution >= 0.6 is 0 Å². The van der Waals surface area contributed by atoms with Crippen LogP contribution in [0.3, 0.4) is 0 Å². The number of nitrogens with zero attached hydrogens (tertiary/aromatic N) is 4. The lowest BCUT2D eigenvalue weighted by Crippen LogP contribution is -2.19. The van der Waals surface area contributed by atoms with Gasteiger partial charge in [-0.2, -0.15) is 0 Å². The molecule has 8 heteroatoms. The topological polar surface area (TPSA) is 103 Å². The normalized spacial score (nSPS) is 11.1. The fourth-order valence-electron chi connectivity index (χ4n) is 2.19. The van der Waals surface area contributed by atoms with Crippen molar-refractivity contribution < 1.29 is 14.3 Å². The number of fused-ring (bicyclic) bond motifs is 1. The molecular formula is C13H12N4O4. The molecule has 3 aromatic rings. The minimum atomic E-state index is -1.12. The molecule has 108 valence electrons. The summed E-state index contributed by atoms with van der Waals surface area (Å²) in [6.45, 7) is 2.27. The lowest BCUT2D eigenvalue weighted by Gasteiger charge is -2.04. The van der Waals surface area contributed by atoms with Crippen molar-refractivity contribution in [2.45, 2.75) is 20.0 Å². The van der Waals surface area contributed by atoms with E-state index in [4.69, 9.17) is 9.52 Å². The average molecular weight is 288 g/mol. The Hall–Kier alpha value is -2.90. The monoisotopic (exact) mass is 288 g/mol. The number of aryl methyl sites for hydroxylation is 2. The third-order valence-corrected chi connectivity index (χ3v) is 3.29. The van der Waals surface area contributed by atoms with E-state index in [0.29, 0.717) is 29.9 Å². The maximum absolute atomic E-state index is 11.8. The van der Waals surface area contributed by atoms with Gasteiger partial charge in [0.05, 0.1) is 17.8 Å². The van der Waals surface area contributed by atoms with E-state index < -0.39 is 11.7 Å². The van der Waals surface area contributed by atoms with E-state index in [9.17, 15) is 9.59 Å². The molecule has 1 N–H and O–H groups in total. The van der Waals surface area contributed by atoms with Gasteiger partial charge in [0.2, 0.25) is 0 Å². The maximum Gasteiger partial charge on any atom is 0.420 e. The summed E-state index contributed by atoms with van der Waals surface area (Å²) in [6, 6.07) is 7.11. The summed E-state index contributed by atoms with van der Waals surface area (Å²) in [6.07, 6.45) is 0. The number of carboxylic acids is 1. The fraction of sp³-hybridized carbons (Fsp3) is 0.231. The molecule has 0 amide bonds. The van der Waals surface area contributed by atoms with Crippen LogP contribution in [0.15, 0.2) is 33.5 Å². The Morgan fingerprint density at radius 2 is 2.10 bits per heavy atom. The summed E-state index contributed by atoms with van der Waals surface area (Å²) >= 11 is 0. The van der Waals surface area contributed by atoms with Gasteiger partial charge in [-0.15, -0.1) is 5.10 Å². The van der Waals surface area contributed by atoms with Gasteiger partial charge in [-0.3, -0.25) is 4.57 Å². The molecular weight excluding hydrogens is 276 g/mol. The summed E-state index contributed by atoms with van der Waals surface area (Å²) in [5.41, 5.74) is 1.57.